The summed E-state index contributed by atoms with van der Waals surface area (Å²) >= 11 is 6.84. The molecule has 1 nitrogen and oxygen atoms in total. The summed E-state index contributed by atoms with van der Waals surface area (Å²) in [5.74, 6) is 1.17. The van der Waals surface area contributed by atoms with E-state index >= 15 is 0 Å². The molecule has 0 radical (unpaired) electrons. The third-order valence-electron chi connectivity index (χ3n) is 3.38. The number of hydrogen-bond donors (Lipinski definition) is 1. The molecule has 0 aliphatic carbocycles. The average Bonchev–Trinajstić information content (AvgIpc) is 2.43. The van der Waals surface area contributed by atoms with Crippen LogP contribution in [0.25, 0.3) is 0 Å². The van der Waals surface area contributed by atoms with E-state index < -0.39 is 11.6 Å². The molecule has 20 heavy (non-hydrogen) atoms. The molecule has 1 aliphatic rings. The monoisotopic (exact) mass is 381 g/mol. The fraction of sp³-hybridized carbons (Fsp3) is 0.571. The summed E-state index contributed by atoms with van der Waals surface area (Å²) in [6, 6.07) is 2.45. The van der Waals surface area contributed by atoms with Crippen LogP contribution in [0.15, 0.2) is 16.6 Å². The zero-order valence-electron chi connectivity index (χ0n) is 11.5. The predicted molar refractivity (Wildman–Crippen MR) is 88.6 cm³/mol. The van der Waals surface area contributed by atoms with E-state index in [1.54, 1.807) is 11.8 Å². The number of hydrogen-bond acceptors (Lipinski definition) is 3. The molecule has 6 heteroatoms. The van der Waals surface area contributed by atoms with E-state index in [0.29, 0.717) is 16.3 Å². The van der Waals surface area contributed by atoms with Crippen LogP contribution in [0, 0.1) is 11.6 Å². The maximum absolute atomic E-state index is 14.4. The zero-order valence-corrected chi connectivity index (χ0v) is 14.7. The van der Waals surface area contributed by atoms with Gasteiger partial charge in [-0.3, -0.25) is 0 Å². The molecule has 1 saturated heterocycles. The van der Waals surface area contributed by atoms with Crippen LogP contribution in [-0.4, -0.2) is 28.6 Å². The molecule has 0 aromatic heterocycles. The van der Waals surface area contributed by atoms with Crippen LogP contribution in [0.3, 0.4) is 0 Å². The number of halogens is 3. The Bertz CT molecular complexity index is 473. The van der Waals surface area contributed by atoms with Crippen molar-refractivity contribution in [2.24, 2.45) is 0 Å². The van der Waals surface area contributed by atoms with Gasteiger partial charge < -0.3 is 5.32 Å². The fourth-order valence-corrected chi connectivity index (χ4v) is 5.72. The van der Waals surface area contributed by atoms with Crippen LogP contribution >= 0.6 is 39.5 Å². The number of benzene rings is 1. The number of thioether (sulfide) groups is 2. The highest BCUT2D eigenvalue weighted by atomic mass is 79.9. The maximum Gasteiger partial charge on any atom is 0.145 e. The van der Waals surface area contributed by atoms with Gasteiger partial charge in [-0.1, -0.05) is 13.8 Å². The summed E-state index contributed by atoms with van der Waals surface area (Å²) in [6.07, 6.45) is 0. The zero-order chi connectivity index (χ0) is 14.7. The van der Waals surface area contributed by atoms with Gasteiger partial charge in [0.1, 0.15) is 11.6 Å². The van der Waals surface area contributed by atoms with Gasteiger partial charge in [-0.2, -0.15) is 23.5 Å². The Balaban J connectivity index is 2.40. The van der Waals surface area contributed by atoms with Crippen LogP contribution in [0.5, 0.6) is 0 Å². The molecular weight excluding hydrogens is 364 g/mol. The van der Waals surface area contributed by atoms with Gasteiger partial charge in [0.15, 0.2) is 0 Å². The average molecular weight is 382 g/mol. The molecule has 1 aromatic carbocycles. The predicted octanol–water partition coefficient (Wildman–Crippen LogP) is 4.62. The smallest absolute Gasteiger partial charge is 0.145 e. The highest BCUT2D eigenvalue weighted by Gasteiger charge is 2.34. The van der Waals surface area contributed by atoms with Crippen molar-refractivity contribution in [3.63, 3.8) is 0 Å². The molecule has 0 amide bonds. The van der Waals surface area contributed by atoms with E-state index in [4.69, 9.17) is 0 Å². The molecule has 0 spiro atoms. The lowest BCUT2D eigenvalue weighted by atomic mass is 10.00. The van der Waals surface area contributed by atoms with Gasteiger partial charge in [0.05, 0.1) is 10.5 Å². The summed E-state index contributed by atoms with van der Waals surface area (Å²) in [5.41, 5.74) is 0.160. The second-order valence-electron chi connectivity index (χ2n) is 4.70. The van der Waals surface area contributed by atoms with Crippen molar-refractivity contribution in [3.8, 4) is 0 Å². The van der Waals surface area contributed by atoms with Crippen LogP contribution in [0.4, 0.5) is 8.78 Å². The molecule has 1 aromatic rings. The first kappa shape index (κ1) is 16.6. The Morgan fingerprint density at radius 3 is 2.70 bits per heavy atom. The van der Waals surface area contributed by atoms with Crippen molar-refractivity contribution in [2.45, 2.75) is 30.4 Å². The van der Waals surface area contributed by atoms with Crippen LogP contribution in [0.1, 0.15) is 25.5 Å². The SMILES string of the molecule is CCNC(c1c(F)ccc(Br)c1F)C1SCCSC1C. The molecule has 0 saturated carbocycles. The Kier molecular flexibility index (Phi) is 6.20. The standard InChI is InChI=1S/C14H18BrF2NS2/c1-3-18-13(14-8(2)19-6-7-20-14)11-10(16)5-4-9(15)12(11)17/h4-5,8,13-14,18H,3,6-7H2,1-2H3. The van der Waals surface area contributed by atoms with Gasteiger partial charge in [0.25, 0.3) is 0 Å². The Morgan fingerprint density at radius 1 is 1.35 bits per heavy atom. The Morgan fingerprint density at radius 2 is 2.05 bits per heavy atom. The first-order valence-electron chi connectivity index (χ1n) is 6.66. The molecule has 3 unspecified atom stereocenters. The molecule has 1 heterocycles. The third kappa shape index (κ3) is 3.51. The van der Waals surface area contributed by atoms with Crippen molar-refractivity contribution < 1.29 is 8.78 Å². The maximum atomic E-state index is 14.4. The van der Waals surface area contributed by atoms with E-state index in [-0.39, 0.29) is 16.9 Å². The fourth-order valence-electron chi connectivity index (χ4n) is 2.45. The lowest BCUT2D eigenvalue weighted by Gasteiger charge is -2.35. The molecular formula is C14H18BrF2NS2. The topological polar surface area (TPSA) is 12.0 Å². The van der Waals surface area contributed by atoms with Crippen molar-refractivity contribution in [1.82, 2.24) is 5.32 Å². The molecule has 0 bridgehead atoms. The highest BCUT2D eigenvalue weighted by Crippen LogP contribution is 2.40. The lowest BCUT2D eigenvalue weighted by Crippen LogP contribution is -2.38. The lowest BCUT2D eigenvalue weighted by molar-refractivity contribution is 0.459. The highest BCUT2D eigenvalue weighted by molar-refractivity contribution is 9.10. The van der Waals surface area contributed by atoms with E-state index in [1.165, 1.54) is 12.1 Å². The molecule has 1 aliphatic heterocycles. The number of rotatable bonds is 4. The third-order valence-corrected chi connectivity index (χ3v) is 7.19. The Labute approximate surface area is 135 Å². The molecule has 1 fully saturated rings. The van der Waals surface area contributed by atoms with Crippen LogP contribution < -0.4 is 5.32 Å². The molecule has 112 valence electrons. The van der Waals surface area contributed by atoms with Crippen molar-refractivity contribution in [1.29, 1.82) is 0 Å². The van der Waals surface area contributed by atoms with Crippen LogP contribution in [-0.2, 0) is 0 Å². The van der Waals surface area contributed by atoms with Crippen molar-refractivity contribution >= 4 is 39.5 Å². The summed E-state index contributed by atoms with van der Waals surface area (Å²) in [6.45, 7) is 4.79. The van der Waals surface area contributed by atoms with Gasteiger partial charge in [0.2, 0.25) is 0 Å². The molecule has 2 rings (SSSR count). The first-order valence-corrected chi connectivity index (χ1v) is 9.55. The van der Waals surface area contributed by atoms with E-state index in [9.17, 15) is 8.78 Å². The van der Waals surface area contributed by atoms with Crippen molar-refractivity contribution in [2.75, 3.05) is 18.1 Å². The van der Waals surface area contributed by atoms with Gasteiger partial charge in [-0.25, -0.2) is 8.78 Å². The first-order chi connectivity index (χ1) is 9.56. The second kappa shape index (κ2) is 7.47. The summed E-state index contributed by atoms with van der Waals surface area (Å²) in [4.78, 5) is 0. The minimum Gasteiger partial charge on any atom is -0.309 e. The second-order valence-corrected chi connectivity index (χ2v) is 8.33. The minimum atomic E-state index is -0.487. The van der Waals surface area contributed by atoms with Gasteiger partial charge in [-0.05, 0) is 34.6 Å². The van der Waals surface area contributed by atoms with E-state index in [0.717, 1.165) is 11.5 Å². The normalized spacial score (nSPS) is 24.6. The quantitative estimate of drug-likeness (QED) is 0.764. The summed E-state index contributed by atoms with van der Waals surface area (Å²) in [7, 11) is 0. The van der Waals surface area contributed by atoms with Gasteiger partial charge in [0, 0.05) is 27.6 Å². The van der Waals surface area contributed by atoms with Gasteiger partial charge >= 0.3 is 0 Å². The Hall–Kier alpha value is 0.220. The van der Waals surface area contributed by atoms with Crippen LogP contribution in [0.2, 0.25) is 0 Å². The molecule has 3 atom stereocenters. The largest absolute Gasteiger partial charge is 0.309 e. The molecule has 1 N–H and O–H groups in total. The van der Waals surface area contributed by atoms with Crippen molar-refractivity contribution in [3.05, 3.63) is 33.8 Å². The number of nitrogens with one attached hydrogen (secondary N) is 1. The van der Waals surface area contributed by atoms with Gasteiger partial charge in [-0.15, -0.1) is 0 Å². The summed E-state index contributed by atoms with van der Waals surface area (Å²) in [5, 5.41) is 3.82. The van der Waals surface area contributed by atoms with E-state index in [1.807, 2.05) is 18.7 Å². The van der Waals surface area contributed by atoms with E-state index in [2.05, 4.69) is 28.2 Å². The minimum absolute atomic E-state index is 0.160. The summed E-state index contributed by atoms with van der Waals surface area (Å²) < 4.78 is 28.9.